The first-order valence-electron chi connectivity index (χ1n) is 6.68. The summed E-state index contributed by atoms with van der Waals surface area (Å²) < 4.78 is 13.9. The Bertz CT molecular complexity index is 423. The number of anilines is 1. The van der Waals surface area contributed by atoms with Crippen molar-refractivity contribution in [2.24, 2.45) is 5.92 Å². The van der Waals surface area contributed by atoms with E-state index in [9.17, 15) is 4.39 Å². The number of hydrogen-bond donors (Lipinski definition) is 1. The topological polar surface area (TPSA) is 12.0 Å². The molecule has 1 N–H and O–H groups in total. The molecule has 0 saturated carbocycles. The predicted octanol–water partition coefficient (Wildman–Crippen LogP) is 5.02. The summed E-state index contributed by atoms with van der Waals surface area (Å²) in [5.41, 5.74) is 3.44. The fourth-order valence-electron chi connectivity index (χ4n) is 2.20. The summed E-state index contributed by atoms with van der Waals surface area (Å²) >= 11 is 0. The summed E-state index contributed by atoms with van der Waals surface area (Å²) in [6.07, 6.45) is 3.47. The van der Waals surface area contributed by atoms with E-state index in [1.165, 1.54) is 12.8 Å². The largest absolute Gasteiger partial charge is 0.385 e. The van der Waals surface area contributed by atoms with Crippen molar-refractivity contribution in [3.63, 3.8) is 0 Å². The van der Waals surface area contributed by atoms with Crippen LogP contribution in [0, 0.1) is 18.7 Å². The molecule has 1 aromatic rings. The lowest BCUT2D eigenvalue weighted by atomic mass is 9.89. The van der Waals surface area contributed by atoms with Gasteiger partial charge < -0.3 is 5.32 Å². The van der Waals surface area contributed by atoms with Gasteiger partial charge in [0.05, 0.1) is 5.69 Å². The number of nitrogens with one attached hydrogen (secondary N) is 1. The maximum absolute atomic E-state index is 13.9. The van der Waals surface area contributed by atoms with E-state index in [1.807, 2.05) is 13.0 Å². The summed E-state index contributed by atoms with van der Waals surface area (Å²) in [6, 6.07) is 3.57. The number of unbranched alkanes of at least 4 members (excludes halogenated alkanes) is 1. The SMILES string of the molecule is C=C(c1cc(C)cc(F)c1NC)[C@@H](C)CCCC. The van der Waals surface area contributed by atoms with E-state index in [4.69, 9.17) is 0 Å². The van der Waals surface area contributed by atoms with Crippen molar-refractivity contribution < 1.29 is 4.39 Å². The zero-order valence-corrected chi connectivity index (χ0v) is 11.9. The summed E-state index contributed by atoms with van der Waals surface area (Å²) in [5, 5.41) is 2.95. The molecule has 0 bridgehead atoms. The summed E-state index contributed by atoms with van der Waals surface area (Å²) in [7, 11) is 1.75. The van der Waals surface area contributed by atoms with Crippen molar-refractivity contribution in [3.05, 3.63) is 35.7 Å². The third kappa shape index (κ3) is 3.34. The van der Waals surface area contributed by atoms with Crippen LogP contribution >= 0.6 is 0 Å². The van der Waals surface area contributed by atoms with Gasteiger partial charge in [-0.25, -0.2) is 4.39 Å². The Morgan fingerprint density at radius 1 is 1.44 bits per heavy atom. The lowest BCUT2D eigenvalue weighted by Crippen LogP contribution is -2.04. The van der Waals surface area contributed by atoms with E-state index in [-0.39, 0.29) is 5.82 Å². The van der Waals surface area contributed by atoms with Gasteiger partial charge in [0, 0.05) is 12.6 Å². The molecule has 0 saturated heterocycles. The van der Waals surface area contributed by atoms with Crippen LogP contribution in [0.15, 0.2) is 18.7 Å². The Labute approximate surface area is 110 Å². The summed E-state index contributed by atoms with van der Waals surface area (Å²) in [5.74, 6) is 0.189. The predicted molar refractivity (Wildman–Crippen MR) is 78.4 cm³/mol. The lowest BCUT2D eigenvalue weighted by molar-refractivity contribution is 0.609. The van der Waals surface area contributed by atoms with Crippen molar-refractivity contribution >= 4 is 11.3 Å². The van der Waals surface area contributed by atoms with Crippen molar-refractivity contribution in [1.29, 1.82) is 0 Å². The number of hydrogen-bond acceptors (Lipinski definition) is 1. The van der Waals surface area contributed by atoms with Crippen molar-refractivity contribution in [2.45, 2.75) is 40.0 Å². The highest BCUT2D eigenvalue weighted by molar-refractivity contribution is 5.77. The van der Waals surface area contributed by atoms with E-state index >= 15 is 0 Å². The van der Waals surface area contributed by atoms with Gasteiger partial charge in [0.25, 0.3) is 0 Å². The van der Waals surface area contributed by atoms with E-state index in [0.717, 1.165) is 23.1 Å². The Hall–Kier alpha value is -1.31. The monoisotopic (exact) mass is 249 g/mol. The molecule has 0 spiro atoms. The molecular formula is C16H24FN. The molecule has 18 heavy (non-hydrogen) atoms. The minimum Gasteiger partial charge on any atom is -0.385 e. The molecule has 0 aliphatic heterocycles. The van der Waals surface area contributed by atoms with Gasteiger partial charge in [-0.15, -0.1) is 0 Å². The molecule has 0 amide bonds. The Morgan fingerprint density at radius 3 is 2.67 bits per heavy atom. The fraction of sp³-hybridized carbons (Fsp3) is 0.500. The molecule has 2 heteroatoms. The summed E-state index contributed by atoms with van der Waals surface area (Å²) in [6.45, 7) is 10.4. The number of aryl methyl sites for hydroxylation is 1. The van der Waals surface area contributed by atoms with Gasteiger partial charge >= 0.3 is 0 Å². The van der Waals surface area contributed by atoms with Gasteiger partial charge in [-0.05, 0) is 42.5 Å². The summed E-state index contributed by atoms with van der Waals surface area (Å²) in [4.78, 5) is 0. The Kier molecular flexibility index (Phi) is 5.39. The molecule has 0 unspecified atom stereocenters. The number of halogens is 1. The zero-order valence-electron chi connectivity index (χ0n) is 11.9. The van der Waals surface area contributed by atoms with Crippen molar-refractivity contribution in [3.8, 4) is 0 Å². The first-order chi connectivity index (χ1) is 8.51. The van der Waals surface area contributed by atoms with E-state index in [0.29, 0.717) is 11.6 Å². The molecule has 0 heterocycles. The third-order valence-corrected chi connectivity index (χ3v) is 3.42. The van der Waals surface area contributed by atoms with E-state index < -0.39 is 0 Å². The van der Waals surface area contributed by atoms with Crippen LogP contribution in [0.1, 0.15) is 44.2 Å². The van der Waals surface area contributed by atoms with Gasteiger partial charge in [0.15, 0.2) is 0 Å². The third-order valence-electron chi connectivity index (χ3n) is 3.42. The maximum Gasteiger partial charge on any atom is 0.147 e. The van der Waals surface area contributed by atoms with Crippen LogP contribution in [0.4, 0.5) is 10.1 Å². The highest BCUT2D eigenvalue weighted by atomic mass is 19.1. The van der Waals surface area contributed by atoms with E-state index in [2.05, 4.69) is 25.7 Å². The van der Waals surface area contributed by atoms with Gasteiger partial charge in [0.2, 0.25) is 0 Å². The van der Waals surface area contributed by atoms with Crippen LogP contribution in [-0.2, 0) is 0 Å². The van der Waals surface area contributed by atoms with Gasteiger partial charge in [0.1, 0.15) is 5.82 Å². The first kappa shape index (κ1) is 14.7. The zero-order chi connectivity index (χ0) is 13.7. The van der Waals surface area contributed by atoms with E-state index in [1.54, 1.807) is 13.1 Å². The molecule has 1 atom stereocenters. The molecule has 1 aromatic carbocycles. The second kappa shape index (κ2) is 6.58. The highest BCUT2D eigenvalue weighted by Crippen LogP contribution is 2.33. The average Bonchev–Trinajstić information content (AvgIpc) is 2.34. The molecule has 100 valence electrons. The van der Waals surface area contributed by atoms with Crippen LogP contribution < -0.4 is 5.32 Å². The second-order valence-corrected chi connectivity index (χ2v) is 4.99. The molecule has 0 aliphatic carbocycles. The average molecular weight is 249 g/mol. The number of rotatable bonds is 6. The minimum absolute atomic E-state index is 0.198. The van der Waals surface area contributed by atoms with Crippen LogP contribution in [0.2, 0.25) is 0 Å². The standard InChI is InChI=1S/C16H24FN/c1-6-7-8-12(3)13(4)14-9-11(2)10-15(17)16(14)18-5/h9-10,12,18H,4,6-8H2,1-3,5H3/t12-/m0/s1. The Balaban J connectivity index is 3.04. The maximum atomic E-state index is 13.9. The fourth-order valence-corrected chi connectivity index (χ4v) is 2.20. The highest BCUT2D eigenvalue weighted by Gasteiger charge is 2.15. The first-order valence-corrected chi connectivity index (χ1v) is 6.68. The molecular weight excluding hydrogens is 225 g/mol. The van der Waals surface area contributed by atoms with Crippen LogP contribution in [0.5, 0.6) is 0 Å². The smallest absolute Gasteiger partial charge is 0.147 e. The molecule has 0 fully saturated rings. The van der Waals surface area contributed by atoms with Crippen molar-refractivity contribution in [2.75, 3.05) is 12.4 Å². The van der Waals surface area contributed by atoms with Crippen LogP contribution in [-0.4, -0.2) is 7.05 Å². The molecule has 0 radical (unpaired) electrons. The minimum atomic E-state index is -0.198. The number of allylic oxidation sites excluding steroid dienone is 1. The number of benzene rings is 1. The second-order valence-electron chi connectivity index (χ2n) is 4.99. The molecule has 1 rings (SSSR count). The molecule has 1 nitrogen and oxygen atoms in total. The molecule has 0 aliphatic rings. The Morgan fingerprint density at radius 2 is 2.11 bits per heavy atom. The van der Waals surface area contributed by atoms with Crippen LogP contribution in [0.3, 0.4) is 0 Å². The van der Waals surface area contributed by atoms with Crippen molar-refractivity contribution in [1.82, 2.24) is 0 Å². The quantitative estimate of drug-likeness (QED) is 0.746. The van der Waals surface area contributed by atoms with Gasteiger partial charge in [-0.2, -0.15) is 0 Å². The van der Waals surface area contributed by atoms with Gasteiger partial charge in [-0.3, -0.25) is 0 Å². The lowest BCUT2D eigenvalue weighted by Gasteiger charge is -2.19. The van der Waals surface area contributed by atoms with Gasteiger partial charge in [-0.1, -0.05) is 33.3 Å². The normalized spacial score (nSPS) is 12.3. The van der Waals surface area contributed by atoms with Crippen LogP contribution in [0.25, 0.3) is 5.57 Å². The molecule has 0 aromatic heterocycles.